The summed E-state index contributed by atoms with van der Waals surface area (Å²) in [6, 6.07) is 12.0. The Morgan fingerprint density at radius 1 is 1.13 bits per heavy atom. The molecule has 3 rings (SSSR count). The van der Waals surface area contributed by atoms with Crippen LogP contribution < -0.4 is 0 Å². The van der Waals surface area contributed by atoms with Gasteiger partial charge in [-0.1, -0.05) is 41.6 Å². The molecule has 0 saturated carbocycles. The first-order valence-corrected chi connectivity index (χ1v) is 9.19. The second kappa shape index (κ2) is 9.88. The molecule has 0 atom stereocenters. The van der Waals surface area contributed by atoms with Gasteiger partial charge in [-0.25, -0.2) is 0 Å². The smallest absolute Gasteiger partial charge is 0.416 e. The SMILES string of the molecule is CO/N=C(/C1=NOCCO1)c1ccccc1/C=N\N=C(\C)c1cccc(C(F)(F)F)c1. The number of halogens is 3. The van der Waals surface area contributed by atoms with Gasteiger partial charge in [-0.2, -0.15) is 23.4 Å². The summed E-state index contributed by atoms with van der Waals surface area (Å²) in [5.74, 6) is 0.164. The summed E-state index contributed by atoms with van der Waals surface area (Å²) < 4.78 is 44.3. The second-order valence-corrected chi connectivity index (χ2v) is 6.30. The first kappa shape index (κ1) is 22.0. The molecule has 0 bridgehead atoms. The molecular formula is C21H19F3N4O3. The van der Waals surface area contributed by atoms with Gasteiger partial charge in [0.25, 0.3) is 5.90 Å². The van der Waals surface area contributed by atoms with Gasteiger partial charge in [0.2, 0.25) is 0 Å². The molecule has 0 aliphatic carbocycles. The van der Waals surface area contributed by atoms with Crippen molar-refractivity contribution in [2.75, 3.05) is 20.3 Å². The molecule has 10 heteroatoms. The van der Waals surface area contributed by atoms with Gasteiger partial charge in [-0.05, 0) is 29.8 Å². The van der Waals surface area contributed by atoms with Crippen molar-refractivity contribution >= 4 is 23.5 Å². The number of hydrogen-bond acceptors (Lipinski definition) is 7. The molecule has 0 fully saturated rings. The molecule has 0 aromatic heterocycles. The molecule has 7 nitrogen and oxygen atoms in total. The molecule has 0 radical (unpaired) electrons. The minimum absolute atomic E-state index is 0.164. The molecule has 1 aliphatic heterocycles. The van der Waals surface area contributed by atoms with E-state index in [-0.39, 0.29) is 5.90 Å². The van der Waals surface area contributed by atoms with E-state index in [4.69, 9.17) is 14.4 Å². The van der Waals surface area contributed by atoms with Gasteiger partial charge in [-0.15, -0.1) is 0 Å². The van der Waals surface area contributed by atoms with Crippen molar-refractivity contribution in [1.82, 2.24) is 0 Å². The number of oxime groups is 2. The fourth-order valence-corrected chi connectivity index (χ4v) is 2.69. The van der Waals surface area contributed by atoms with E-state index in [1.807, 2.05) is 0 Å². The predicted octanol–water partition coefficient (Wildman–Crippen LogP) is 4.26. The van der Waals surface area contributed by atoms with Crippen molar-refractivity contribution in [3.05, 3.63) is 70.8 Å². The maximum Gasteiger partial charge on any atom is 0.416 e. The van der Waals surface area contributed by atoms with Gasteiger partial charge in [0.1, 0.15) is 13.7 Å². The summed E-state index contributed by atoms with van der Waals surface area (Å²) in [6.07, 6.45) is -2.97. The maximum atomic E-state index is 12.9. The van der Waals surface area contributed by atoms with Crippen LogP contribution in [0.1, 0.15) is 29.2 Å². The Balaban J connectivity index is 1.88. The normalized spacial score (nSPS) is 15.3. The average molecular weight is 432 g/mol. The minimum Gasteiger partial charge on any atom is -0.470 e. The lowest BCUT2D eigenvalue weighted by Gasteiger charge is -2.15. The Labute approximate surface area is 176 Å². The zero-order chi connectivity index (χ0) is 22.3. The van der Waals surface area contributed by atoms with E-state index < -0.39 is 11.7 Å². The zero-order valence-electron chi connectivity index (χ0n) is 16.8. The predicted molar refractivity (Wildman–Crippen MR) is 111 cm³/mol. The van der Waals surface area contributed by atoms with E-state index in [1.54, 1.807) is 37.3 Å². The van der Waals surface area contributed by atoms with Gasteiger partial charge >= 0.3 is 6.18 Å². The van der Waals surface area contributed by atoms with E-state index in [2.05, 4.69) is 20.5 Å². The van der Waals surface area contributed by atoms with E-state index in [0.29, 0.717) is 41.3 Å². The minimum atomic E-state index is -4.43. The monoisotopic (exact) mass is 432 g/mol. The topological polar surface area (TPSA) is 77.1 Å². The van der Waals surface area contributed by atoms with Crippen LogP contribution in [0.15, 0.2) is 69.0 Å². The van der Waals surface area contributed by atoms with Crippen molar-refractivity contribution in [3.63, 3.8) is 0 Å². The largest absolute Gasteiger partial charge is 0.470 e. The maximum absolute atomic E-state index is 12.9. The highest BCUT2D eigenvalue weighted by molar-refractivity contribution is 6.46. The standard InChI is InChI=1S/C21H19F3N4O3/c1-14(15-7-5-8-17(12-15)21(22,23)24)26-25-13-16-6-3-4-9-18(16)19(27-29-2)20-28-31-11-10-30-20/h3-9,12-13H,10-11H2,1-2H3/b25-13-,26-14-,27-19+. The number of benzene rings is 2. The second-order valence-electron chi connectivity index (χ2n) is 6.30. The van der Waals surface area contributed by atoms with Crippen molar-refractivity contribution in [3.8, 4) is 0 Å². The number of alkyl halides is 3. The van der Waals surface area contributed by atoms with Crippen LogP contribution in [-0.4, -0.2) is 43.9 Å². The van der Waals surface area contributed by atoms with Crippen molar-refractivity contribution < 1.29 is 27.6 Å². The highest BCUT2D eigenvalue weighted by Gasteiger charge is 2.30. The van der Waals surface area contributed by atoms with Crippen molar-refractivity contribution in [2.45, 2.75) is 13.1 Å². The number of rotatable bonds is 6. The third kappa shape index (κ3) is 5.68. The molecule has 1 heterocycles. The van der Waals surface area contributed by atoms with Crippen LogP contribution >= 0.6 is 0 Å². The zero-order valence-corrected chi connectivity index (χ0v) is 16.8. The van der Waals surface area contributed by atoms with E-state index in [0.717, 1.165) is 12.1 Å². The Hall–Kier alpha value is -3.69. The third-order valence-electron chi connectivity index (χ3n) is 4.17. The summed E-state index contributed by atoms with van der Waals surface area (Å²) >= 11 is 0. The summed E-state index contributed by atoms with van der Waals surface area (Å²) in [5, 5.41) is 15.9. The third-order valence-corrected chi connectivity index (χ3v) is 4.17. The summed E-state index contributed by atoms with van der Waals surface area (Å²) in [6.45, 7) is 2.23. The van der Waals surface area contributed by atoms with Gasteiger partial charge in [0, 0.05) is 11.1 Å². The van der Waals surface area contributed by atoms with Crippen molar-refractivity contribution in [1.29, 1.82) is 0 Å². The van der Waals surface area contributed by atoms with E-state index in [1.165, 1.54) is 19.4 Å². The fraction of sp³-hybridized carbons (Fsp3) is 0.238. The molecule has 2 aromatic carbocycles. The molecule has 0 spiro atoms. The summed E-state index contributed by atoms with van der Waals surface area (Å²) in [5.41, 5.74) is 1.44. The van der Waals surface area contributed by atoms with Crippen LogP contribution in [0.2, 0.25) is 0 Å². The molecule has 1 aliphatic rings. The van der Waals surface area contributed by atoms with Crippen LogP contribution in [0.3, 0.4) is 0 Å². The molecule has 162 valence electrons. The first-order valence-electron chi connectivity index (χ1n) is 9.19. The van der Waals surface area contributed by atoms with Crippen LogP contribution in [-0.2, 0) is 20.6 Å². The lowest BCUT2D eigenvalue weighted by molar-refractivity contribution is -0.137. The number of ether oxygens (including phenoxy) is 1. The Morgan fingerprint density at radius 2 is 1.94 bits per heavy atom. The highest BCUT2D eigenvalue weighted by atomic mass is 19.4. The van der Waals surface area contributed by atoms with E-state index in [9.17, 15) is 13.2 Å². The molecule has 2 aromatic rings. The fourth-order valence-electron chi connectivity index (χ4n) is 2.69. The van der Waals surface area contributed by atoms with Gasteiger partial charge in [-0.3, -0.25) is 0 Å². The van der Waals surface area contributed by atoms with Crippen LogP contribution in [0, 0.1) is 0 Å². The average Bonchev–Trinajstić information content (AvgIpc) is 2.78. The quantitative estimate of drug-likeness (QED) is 0.506. The first-order chi connectivity index (χ1) is 14.9. The number of hydrogen-bond donors (Lipinski definition) is 0. The highest BCUT2D eigenvalue weighted by Crippen LogP contribution is 2.29. The lowest BCUT2D eigenvalue weighted by atomic mass is 10.0. The van der Waals surface area contributed by atoms with Crippen LogP contribution in [0.25, 0.3) is 0 Å². The van der Waals surface area contributed by atoms with E-state index >= 15 is 0 Å². The Kier molecular flexibility index (Phi) is 7.01. The Morgan fingerprint density at radius 3 is 2.65 bits per heavy atom. The Bertz CT molecular complexity index is 1050. The molecule has 0 amide bonds. The van der Waals surface area contributed by atoms with Crippen LogP contribution in [0.4, 0.5) is 13.2 Å². The molecule has 31 heavy (non-hydrogen) atoms. The van der Waals surface area contributed by atoms with Gasteiger partial charge in [0.05, 0.1) is 17.5 Å². The summed E-state index contributed by atoms with van der Waals surface area (Å²) in [4.78, 5) is 9.97. The summed E-state index contributed by atoms with van der Waals surface area (Å²) in [7, 11) is 1.39. The molecule has 0 N–H and O–H groups in total. The van der Waals surface area contributed by atoms with Crippen LogP contribution in [0.5, 0.6) is 0 Å². The van der Waals surface area contributed by atoms with Gasteiger partial charge in [0.15, 0.2) is 12.3 Å². The molecule has 0 unspecified atom stereocenters. The van der Waals surface area contributed by atoms with Crippen molar-refractivity contribution in [2.24, 2.45) is 20.5 Å². The van der Waals surface area contributed by atoms with Gasteiger partial charge < -0.3 is 14.4 Å². The lowest BCUT2D eigenvalue weighted by Crippen LogP contribution is -2.26. The molecule has 0 saturated heterocycles. The molecular weight excluding hydrogens is 413 g/mol. The number of nitrogens with zero attached hydrogens (tertiary/aromatic N) is 4.